The van der Waals surface area contributed by atoms with E-state index in [1.807, 2.05) is 39.0 Å². The molecular weight excluding hydrogens is 236 g/mol. The van der Waals surface area contributed by atoms with Gasteiger partial charge in [0, 0.05) is 18.1 Å². The predicted octanol–water partition coefficient (Wildman–Crippen LogP) is 2.25. The van der Waals surface area contributed by atoms with Crippen LogP contribution in [0.4, 0.5) is 0 Å². The molecule has 0 atom stereocenters. The number of nitrogens with two attached hydrogens (primary N) is 1. The van der Waals surface area contributed by atoms with Gasteiger partial charge in [0.25, 0.3) is 0 Å². The van der Waals surface area contributed by atoms with E-state index >= 15 is 0 Å². The normalized spacial score (nSPS) is 11.5. The molecule has 1 aromatic carbocycles. The van der Waals surface area contributed by atoms with Crippen molar-refractivity contribution in [3.8, 4) is 0 Å². The Kier molecular flexibility index (Phi) is 4.54. The Bertz CT molecular complexity index is 416. The largest absolute Gasteiger partial charge is 0.369 e. The van der Waals surface area contributed by atoms with Crippen molar-refractivity contribution in [2.45, 2.75) is 27.3 Å². The number of halogens is 1. The first kappa shape index (κ1) is 14.0. The molecule has 0 aromatic heterocycles. The quantitative estimate of drug-likeness (QED) is 0.847. The summed E-state index contributed by atoms with van der Waals surface area (Å²) in [7, 11) is 0. The Morgan fingerprint density at radius 2 is 2.12 bits per heavy atom. The Hall–Kier alpha value is -1.06. The van der Waals surface area contributed by atoms with Crippen LogP contribution in [-0.2, 0) is 11.3 Å². The summed E-state index contributed by atoms with van der Waals surface area (Å²) in [4.78, 5) is 11.1. The highest BCUT2D eigenvalue weighted by Gasteiger charge is 2.23. The van der Waals surface area contributed by atoms with Gasteiger partial charge in [-0.2, -0.15) is 0 Å². The third kappa shape index (κ3) is 4.02. The van der Waals surface area contributed by atoms with Gasteiger partial charge in [0.2, 0.25) is 5.91 Å². The maximum absolute atomic E-state index is 11.1. The second-order valence-corrected chi connectivity index (χ2v) is 5.36. The third-order valence-corrected chi connectivity index (χ3v) is 3.09. The molecule has 1 aromatic rings. The number of carbonyl (C=O) groups excluding carboxylic acids is 1. The van der Waals surface area contributed by atoms with Crippen LogP contribution in [0.1, 0.15) is 25.0 Å². The third-order valence-electron chi connectivity index (χ3n) is 2.85. The molecule has 0 unspecified atom stereocenters. The number of hydrogen-bond donors (Lipinski definition) is 2. The van der Waals surface area contributed by atoms with Crippen LogP contribution in [0, 0.1) is 12.3 Å². The molecule has 1 rings (SSSR count). The van der Waals surface area contributed by atoms with Gasteiger partial charge >= 0.3 is 0 Å². The molecular formula is C13H19ClN2O. The second-order valence-electron chi connectivity index (χ2n) is 4.92. The monoisotopic (exact) mass is 254 g/mol. The number of amides is 1. The molecule has 0 saturated heterocycles. The van der Waals surface area contributed by atoms with Crippen LogP contribution >= 0.6 is 11.6 Å². The van der Waals surface area contributed by atoms with E-state index in [2.05, 4.69) is 5.32 Å². The van der Waals surface area contributed by atoms with E-state index in [1.165, 1.54) is 5.56 Å². The van der Waals surface area contributed by atoms with Crippen LogP contribution < -0.4 is 11.1 Å². The molecule has 1 amide bonds. The van der Waals surface area contributed by atoms with Crippen LogP contribution in [0.15, 0.2) is 18.2 Å². The van der Waals surface area contributed by atoms with Crippen LogP contribution in [-0.4, -0.2) is 12.5 Å². The number of aryl methyl sites for hydroxylation is 1. The van der Waals surface area contributed by atoms with Crippen molar-refractivity contribution in [1.29, 1.82) is 0 Å². The van der Waals surface area contributed by atoms with Crippen LogP contribution in [0.2, 0.25) is 5.02 Å². The van der Waals surface area contributed by atoms with Crippen molar-refractivity contribution < 1.29 is 4.79 Å². The fourth-order valence-electron chi connectivity index (χ4n) is 1.45. The lowest BCUT2D eigenvalue weighted by Crippen LogP contribution is -2.40. The topological polar surface area (TPSA) is 55.1 Å². The predicted molar refractivity (Wildman–Crippen MR) is 70.9 cm³/mol. The lowest BCUT2D eigenvalue weighted by Gasteiger charge is -2.21. The maximum Gasteiger partial charge on any atom is 0.224 e. The van der Waals surface area contributed by atoms with Gasteiger partial charge in [-0.3, -0.25) is 4.79 Å². The molecule has 3 N–H and O–H groups in total. The molecule has 3 nitrogen and oxygen atoms in total. The summed E-state index contributed by atoms with van der Waals surface area (Å²) in [6.07, 6.45) is 0. The van der Waals surface area contributed by atoms with Crippen molar-refractivity contribution in [3.05, 3.63) is 34.3 Å². The van der Waals surface area contributed by atoms with E-state index in [9.17, 15) is 4.79 Å². The van der Waals surface area contributed by atoms with Gasteiger partial charge in [0.15, 0.2) is 0 Å². The van der Waals surface area contributed by atoms with Gasteiger partial charge < -0.3 is 11.1 Å². The molecule has 94 valence electrons. The number of primary amides is 1. The molecule has 0 aliphatic heterocycles. The standard InChI is InChI=1S/C13H19ClN2O/c1-9-6-11(14)5-4-10(9)7-16-8-13(2,3)12(15)17/h4-6,16H,7-8H2,1-3H3,(H2,15,17). The summed E-state index contributed by atoms with van der Waals surface area (Å²) >= 11 is 5.88. The van der Waals surface area contributed by atoms with Gasteiger partial charge in [-0.05, 0) is 44.0 Å². The van der Waals surface area contributed by atoms with Crippen molar-refractivity contribution >= 4 is 17.5 Å². The first-order chi connectivity index (χ1) is 7.83. The molecule has 0 aliphatic carbocycles. The summed E-state index contributed by atoms with van der Waals surface area (Å²) in [5.41, 5.74) is 7.09. The van der Waals surface area contributed by atoms with Crippen molar-refractivity contribution in [1.82, 2.24) is 5.32 Å². The lowest BCUT2D eigenvalue weighted by atomic mass is 9.92. The van der Waals surface area contributed by atoms with Crippen LogP contribution in [0.25, 0.3) is 0 Å². The fourth-order valence-corrected chi connectivity index (χ4v) is 1.68. The average Bonchev–Trinajstić information content (AvgIpc) is 2.21. The summed E-state index contributed by atoms with van der Waals surface area (Å²) < 4.78 is 0. The molecule has 0 spiro atoms. The Morgan fingerprint density at radius 3 is 2.65 bits per heavy atom. The van der Waals surface area contributed by atoms with Crippen LogP contribution in [0.5, 0.6) is 0 Å². The Morgan fingerprint density at radius 1 is 1.47 bits per heavy atom. The maximum atomic E-state index is 11.1. The van der Waals surface area contributed by atoms with Crippen molar-refractivity contribution in [2.24, 2.45) is 11.1 Å². The number of hydrogen-bond acceptors (Lipinski definition) is 2. The van der Waals surface area contributed by atoms with E-state index in [0.717, 1.165) is 10.6 Å². The smallest absolute Gasteiger partial charge is 0.224 e. The zero-order chi connectivity index (χ0) is 13.1. The molecule has 0 radical (unpaired) electrons. The summed E-state index contributed by atoms with van der Waals surface area (Å²) in [6, 6.07) is 5.78. The van der Waals surface area contributed by atoms with E-state index in [1.54, 1.807) is 0 Å². The minimum Gasteiger partial charge on any atom is -0.369 e. The SMILES string of the molecule is Cc1cc(Cl)ccc1CNCC(C)(C)C(N)=O. The number of benzene rings is 1. The second kappa shape index (κ2) is 5.52. The van der Waals surface area contributed by atoms with Gasteiger partial charge in [0.05, 0.1) is 5.41 Å². The molecule has 4 heteroatoms. The van der Waals surface area contributed by atoms with Crippen molar-refractivity contribution in [3.63, 3.8) is 0 Å². The Labute approximate surface area is 107 Å². The number of nitrogens with one attached hydrogen (secondary N) is 1. The van der Waals surface area contributed by atoms with Gasteiger partial charge in [-0.25, -0.2) is 0 Å². The van der Waals surface area contributed by atoms with Gasteiger partial charge in [-0.1, -0.05) is 17.7 Å². The highest BCUT2D eigenvalue weighted by atomic mass is 35.5. The first-order valence-corrected chi connectivity index (χ1v) is 5.96. The van der Waals surface area contributed by atoms with E-state index in [4.69, 9.17) is 17.3 Å². The van der Waals surface area contributed by atoms with E-state index in [0.29, 0.717) is 13.1 Å². The lowest BCUT2D eigenvalue weighted by molar-refractivity contribution is -0.125. The zero-order valence-corrected chi connectivity index (χ0v) is 11.3. The molecule has 17 heavy (non-hydrogen) atoms. The minimum absolute atomic E-state index is 0.294. The minimum atomic E-state index is -0.527. The van der Waals surface area contributed by atoms with Crippen molar-refractivity contribution in [2.75, 3.05) is 6.54 Å². The van der Waals surface area contributed by atoms with E-state index in [-0.39, 0.29) is 5.91 Å². The summed E-state index contributed by atoms with van der Waals surface area (Å²) in [5, 5.41) is 3.98. The molecule has 0 saturated carbocycles. The molecule has 0 fully saturated rings. The number of rotatable bonds is 5. The highest BCUT2D eigenvalue weighted by molar-refractivity contribution is 6.30. The van der Waals surface area contributed by atoms with E-state index < -0.39 is 5.41 Å². The van der Waals surface area contributed by atoms with Gasteiger partial charge in [0.1, 0.15) is 0 Å². The molecule has 0 heterocycles. The zero-order valence-electron chi connectivity index (χ0n) is 10.5. The molecule has 0 bridgehead atoms. The fraction of sp³-hybridized carbons (Fsp3) is 0.462. The van der Waals surface area contributed by atoms with Crippen LogP contribution in [0.3, 0.4) is 0 Å². The molecule has 0 aliphatic rings. The highest BCUT2D eigenvalue weighted by Crippen LogP contribution is 2.16. The Balaban J connectivity index is 2.54. The average molecular weight is 255 g/mol. The first-order valence-electron chi connectivity index (χ1n) is 5.58. The number of carbonyl (C=O) groups is 1. The summed E-state index contributed by atoms with van der Waals surface area (Å²) in [5.74, 6) is -0.294. The van der Waals surface area contributed by atoms with Gasteiger partial charge in [-0.15, -0.1) is 0 Å². The summed E-state index contributed by atoms with van der Waals surface area (Å²) in [6.45, 7) is 6.94.